The predicted octanol–water partition coefficient (Wildman–Crippen LogP) is 0.209. The standard InChI is InChI=1S/C15H21N3O4S/c1-11(19)18-8-6-13(7-9-18)15(20)17-10-12-2-4-14(5-3-12)23(16,21)22/h2-5,13H,6-10H2,1H3,(H,17,20)(H2,16,21,22). The summed E-state index contributed by atoms with van der Waals surface area (Å²) in [5, 5.41) is 7.88. The first-order valence-electron chi connectivity index (χ1n) is 7.42. The highest BCUT2D eigenvalue weighted by atomic mass is 32.2. The summed E-state index contributed by atoms with van der Waals surface area (Å²) < 4.78 is 22.3. The van der Waals surface area contributed by atoms with Crippen molar-refractivity contribution in [3.05, 3.63) is 29.8 Å². The lowest BCUT2D eigenvalue weighted by atomic mass is 9.96. The molecule has 0 spiro atoms. The largest absolute Gasteiger partial charge is 0.352 e. The summed E-state index contributed by atoms with van der Waals surface area (Å²) in [5.41, 5.74) is 0.798. The summed E-state index contributed by atoms with van der Waals surface area (Å²) in [6.07, 6.45) is 1.32. The normalized spacial score (nSPS) is 16.2. The maximum absolute atomic E-state index is 12.1. The fourth-order valence-electron chi connectivity index (χ4n) is 2.59. The van der Waals surface area contributed by atoms with E-state index in [1.807, 2.05) is 0 Å². The summed E-state index contributed by atoms with van der Waals surface area (Å²) in [5.74, 6) is -0.0863. The first-order valence-corrected chi connectivity index (χ1v) is 8.97. The molecule has 1 fully saturated rings. The molecule has 1 saturated heterocycles. The van der Waals surface area contributed by atoms with Crippen molar-refractivity contribution in [1.82, 2.24) is 10.2 Å². The van der Waals surface area contributed by atoms with E-state index in [4.69, 9.17) is 5.14 Å². The van der Waals surface area contributed by atoms with Gasteiger partial charge in [-0.2, -0.15) is 0 Å². The SMILES string of the molecule is CC(=O)N1CCC(C(=O)NCc2ccc(S(N)(=O)=O)cc2)CC1. The Labute approximate surface area is 135 Å². The maximum Gasteiger partial charge on any atom is 0.238 e. The molecule has 2 rings (SSSR count). The monoisotopic (exact) mass is 339 g/mol. The quantitative estimate of drug-likeness (QED) is 0.817. The molecular weight excluding hydrogens is 318 g/mol. The third kappa shape index (κ3) is 4.77. The van der Waals surface area contributed by atoms with Gasteiger partial charge in [0.1, 0.15) is 0 Å². The van der Waals surface area contributed by atoms with E-state index in [0.29, 0.717) is 32.5 Å². The summed E-state index contributed by atoms with van der Waals surface area (Å²) in [7, 11) is -3.70. The molecule has 1 aromatic rings. The average Bonchev–Trinajstić information content (AvgIpc) is 2.52. The lowest BCUT2D eigenvalue weighted by Crippen LogP contribution is -2.42. The molecule has 0 radical (unpaired) electrons. The average molecular weight is 339 g/mol. The minimum absolute atomic E-state index is 0.0382. The van der Waals surface area contributed by atoms with Gasteiger partial charge in [0.2, 0.25) is 21.8 Å². The van der Waals surface area contributed by atoms with Gasteiger partial charge in [0.05, 0.1) is 4.90 Å². The van der Waals surface area contributed by atoms with Gasteiger partial charge in [-0.1, -0.05) is 12.1 Å². The molecule has 1 aromatic carbocycles. The van der Waals surface area contributed by atoms with Crippen molar-refractivity contribution in [1.29, 1.82) is 0 Å². The molecule has 126 valence electrons. The Morgan fingerprint density at radius 1 is 1.22 bits per heavy atom. The zero-order valence-electron chi connectivity index (χ0n) is 13.0. The second-order valence-corrected chi connectivity index (χ2v) is 7.25. The van der Waals surface area contributed by atoms with E-state index in [1.165, 1.54) is 19.1 Å². The van der Waals surface area contributed by atoms with Gasteiger partial charge < -0.3 is 10.2 Å². The van der Waals surface area contributed by atoms with Crippen LogP contribution in [-0.4, -0.2) is 38.2 Å². The summed E-state index contributed by atoms with van der Waals surface area (Å²) in [4.78, 5) is 25.2. The second kappa shape index (κ2) is 7.10. The Morgan fingerprint density at radius 3 is 2.26 bits per heavy atom. The number of carbonyl (C=O) groups excluding carboxylic acids is 2. The smallest absolute Gasteiger partial charge is 0.238 e. The molecule has 23 heavy (non-hydrogen) atoms. The third-order valence-electron chi connectivity index (χ3n) is 4.03. The number of hydrogen-bond donors (Lipinski definition) is 2. The Morgan fingerprint density at radius 2 is 1.78 bits per heavy atom. The molecule has 2 amide bonds. The van der Waals surface area contributed by atoms with Gasteiger partial charge in [-0.3, -0.25) is 9.59 Å². The lowest BCUT2D eigenvalue weighted by molar-refractivity contribution is -0.134. The third-order valence-corrected chi connectivity index (χ3v) is 4.96. The molecule has 0 atom stereocenters. The molecule has 1 aliphatic rings. The second-order valence-electron chi connectivity index (χ2n) is 5.69. The van der Waals surface area contributed by atoms with Crippen molar-refractivity contribution in [3.8, 4) is 0 Å². The Hall–Kier alpha value is -1.93. The van der Waals surface area contributed by atoms with Crippen LogP contribution in [0, 0.1) is 5.92 Å². The molecule has 0 bridgehead atoms. The topological polar surface area (TPSA) is 110 Å². The van der Waals surface area contributed by atoms with E-state index < -0.39 is 10.0 Å². The van der Waals surface area contributed by atoms with Crippen molar-refractivity contribution in [2.45, 2.75) is 31.2 Å². The summed E-state index contributed by atoms with van der Waals surface area (Å²) in [6.45, 7) is 3.08. The fraction of sp³-hybridized carbons (Fsp3) is 0.467. The van der Waals surface area contributed by atoms with Crippen LogP contribution in [0.25, 0.3) is 0 Å². The molecule has 0 aromatic heterocycles. The van der Waals surface area contributed by atoms with Crippen LogP contribution >= 0.6 is 0 Å². The molecular formula is C15H21N3O4S. The maximum atomic E-state index is 12.1. The number of nitrogens with two attached hydrogens (primary N) is 1. The van der Waals surface area contributed by atoms with E-state index in [1.54, 1.807) is 17.0 Å². The lowest BCUT2D eigenvalue weighted by Gasteiger charge is -2.30. The number of likely N-dealkylation sites (tertiary alicyclic amines) is 1. The zero-order valence-corrected chi connectivity index (χ0v) is 13.8. The molecule has 7 nitrogen and oxygen atoms in total. The minimum Gasteiger partial charge on any atom is -0.352 e. The molecule has 0 saturated carbocycles. The van der Waals surface area contributed by atoms with Crippen molar-refractivity contribution in [2.24, 2.45) is 11.1 Å². The van der Waals surface area contributed by atoms with Crippen LogP contribution in [-0.2, 0) is 26.2 Å². The number of amides is 2. The number of carbonyl (C=O) groups is 2. The number of benzene rings is 1. The highest BCUT2D eigenvalue weighted by Gasteiger charge is 2.25. The molecule has 1 aliphatic heterocycles. The van der Waals surface area contributed by atoms with E-state index in [9.17, 15) is 18.0 Å². The minimum atomic E-state index is -3.70. The highest BCUT2D eigenvalue weighted by molar-refractivity contribution is 7.89. The number of nitrogens with zero attached hydrogens (tertiary/aromatic N) is 1. The van der Waals surface area contributed by atoms with Gasteiger partial charge >= 0.3 is 0 Å². The Kier molecular flexibility index (Phi) is 5.38. The van der Waals surface area contributed by atoms with Crippen molar-refractivity contribution < 1.29 is 18.0 Å². The summed E-state index contributed by atoms with van der Waals surface area (Å²) >= 11 is 0. The van der Waals surface area contributed by atoms with E-state index in [0.717, 1.165) is 5.56 Å². The van der Waals surface area contributed by atoms with Crippen molar-refractivity contribution in [3.63, 3.8) is 0 Å². The number of nitrogens with one attached hydrogen (secondary N) is 1. The highest BCUT2D eigenvalue weighted by Crippen LogP contribution is 2.17. The molecule has 1 heterocycles. The first kappa shape index (κ1) is 17.4. The van der Waals surface area contributed by atoms with Gasteiger partial charge in [0.25, 0.3) is 0 Å². The van der Waals surface area contributed by atoms with Crippen LogP contribution in [0.5, 0.6) is 0 Å². The molecule has 3 N–H and O–H groups in total. The van der Waals surface area contributed by atoms with Crippen LogP contribution in [0.2, 0.25) is 0 Å². The van der Waals surface area contributed by atoms with Crippen LogP contribution in [0.3, 0.4) is 0 Å². The van der Waals surface area contributed by atoms with Crippen LogP contribution < -0.4 is 10.5 Å². The van der Waals surface area contributed by atoms with Crippen LogP contribution in [0.4, 0.5) is 0 Å². The molecule has 0 unspecified atom stereocenters. The molecule has 0 aliphatic carbocycles. The number of hydrogen-bond acceptors (Lipinski definition) is 4. The van der Waals surface area contributed by atoms with Crippen LogP contribution in [0.1, 0.15) is 25.3 Å². The van der Waals surface area contributed by atoms with Crippen molar-refractivity contribution >= 4 is 21.8 Å². The Balaban J connectivity index is 1.84. The van der Waals surface area contributed by atoms with E-state index in [2.05, 4.69) is 5.32 Å². The van der Waals surface area contributed by atoms with Gasteiger partial charge in [-0.15, -0.1) is 0 Å². The summed E-state index contributed by atoms with van der Waals surface area (Å²) in [6, 6.07) is 6.08. The van der Waals surface area contributed by atoms with Crippen molar-refractivity contribution in [2.75, 3.05) is 13.1 Å². The fourth-order valence-corrected chi connectivity index (χ4v) is 3.10. The van der Waals surface area contributed by atoms with Crippen LogP contribution in [0.15, 0.2) is 29.2 Å². The number of sulfonamides is 1. The van der Waals surface area contributed by atoms with Gasteiger partial charge in [0, 0.05) is 32.5 Å². The zero-order chi connectivity index (χ0) is 17.0. The van der Waals surface area contributed by atoms with E-state index >= 15 is 0 Å². The molecule has 8 heteroatoms. The first-order chi connectivity index (χ1) is 10.8. The number of piperidine rings is 1. The number of rotatable bonds is 4. The van der Waals surface area contributed by atoms with E-state index in [-0.39, 0.29) is 22.6 Å². The van der Waals surface area contributed by atoms with Gasteiger partial charge in [0.15, 0.2) is 0 Å². The van der Waals surface area contributed by atoms with Gasteiger partial charge in [-0.05, 0) is 30.5 Å². The van der Waals surface area contributed by atoms with Gasteiger partial charge in [-0.25, -0.2) is 13.6 Å². The Bertz CT molecular complexity index is 677. The number of primary sulfonamides is 1. The predicted molar refractivity (Wildman–Crippen MR) is 84.6 cm³/mol.